The number of nitrogens with one attached hydrogen (secondary N) is 3. The summed E-state index contributed by atoms with van der Waals surface area (Å²) in [7, 11) is 0. The van der Waals surface area contributed by atoms with Crippen LogP contribution in [0.5, 0.6) is 0 Å². The van der Waals surface area contributed by atoms with Gasteiger partial charge in [-0.15, -0.1) is 0 Å². The first-order valence-corrected chi connectivity index (χ1v) is 6.93. The zero-order chi connectivity index (χ0) is 13.3. The summed E-state index contributed by atoms with van der Waals surface area (Å²) in [5, 5.41) is 3.72. The van der Waals surface area contributed by atoms with Gasteiger partial charge in [-0.2, -0.15) is 0 Å². The molecular weight excluding hydrogens is 226 g/mol. The van der Waals surface area contributed by atoms with Crippen LogP contribution in [-0.4, -0.2) is 22.1 Å². The molecule has 1 aliphatic rings. The van der Waals surface area contributed by atoms with Gasteiger partial charge in [-0.25, -0.2) is 4.79 Å². The van der Waals surface area contributed by atoms with E-state index in [1.165, 1.54) is 12.8 Å². The van der Waals surface area contributed by atoms with Crippen molar-refractivity contribution in [1.29, 1.82) is 0 Å². The topological polar surface area (TPSA) is 60.7 Å². The molecule has 1 aromatic rings. The Hall–Kier alpha value is -1.03. The number of hydrogen-bond donors (Lipinski definition) is 3. The fraction of sp³-hybridized carbons (Fsp3) is 0.786. The lowest BCUT2D eigenvalue weighted by atomic mass is 9.82. The third kappa shape index (κ3) is 2.86. The molecule has 2 unspecified atom stereocenters. The number of hydrogen-bond acceptors (Lipinski definition) is 2. The van der Waals surface area contributed by atoms with E-state index in [0.717, 1.165) is 12.1 Å². The van der Waals surface area contributed by atoms with E-state index in [9.17, 15) is 4.79 Å². The number of imidazole rings is 1. The van der Waals surface area contributed by atoms with Gasteiger partial charge in [0, 0.05) is 29.4 Å². The molecule has 0 bridgehead atoms. The molecule has 2 rings (SSSR count). The van der Waals surface area contributed by atoms with E-state index in [2.05, 4.69) is 43.0 Å². The van der Waals surface area contributed by atoms with Crippen LogP contribution in [0.4, 0.5) is 0 Å². The molecule has 3 N–H and O–H groups in total. The molecule has 18 heavy (non-hydrogen) atoms. The fourth-order valence-electron chi connectivity index (χ4n) is 2.96. The number of H-pyrrole nitrogens is 2. The van der Waals surface area contributed by atoms with Crippen molar-refractivity contribution < 1.29 is 0 Å². The summed E-state index contributed by atoms with van der Waals surface area (Å²) >= 11 is 0. The van der Waals surface area contributed by atoms with Crippen LogP contribution in [-0.2, 0) is 5.41 Å². The summed E-state index contributed by atoms with van der Waals surface area (Å²) in [5.74, 6) is 0.699. The molecule has 0 spiro atoms. The van der Waals surface area contributed by atoms with Crippen molar-refractivity contribution in [2.24, 2.45) is 5.92 Å². The van der Waals surface area contributed by atoms with E-state index in [-0.39, 0.29) is 11.1 Å². The standard InChI is InChI=1S/C14H25N3O/c1-9(2)11-6-5-10(16-11)7-14(3,4)12-8-15-13(18)17-12/h8-11,16H,5-7H2,1-4H3,(H2,15,17,18). The Balaban J connectivity index is 1.99. The maximum atomic E-state index is 11.2. The molecular formula is C14H25N3O. The average molecular weight is 251 g/mol. The summed E-state index contributed by atoms with van der Waals surface area (Å²) in [6.07, 6.45) is 5.37. The van der Waals surface area contributed by atoms with Crippen molar-refractivity contribution in [3.63, 3.8) is 0 Å². The predicted octanol–water partition coefficient (Wildman–Crippen LogP) is 2.15. The third-order valence-electron chi connectivity index (χ3n) is 4.16. The molecule has 4 nitrogen and oxygen atoms in total. The number of rotatable bonds is 4. The van der Waals surface area contributed by atoms with Gasteiger partial charge in [0.25, 0.3) is 0 Å². The van der Waals surface area contributed by atoms with Crippen LogP contribution < -0.4 is 11.0 Å². The van der Waals surface area contributed by atoms with Crippen LogP contribution in [0, 0.1) is 5.92 Å². The number of aromatic amines is 2. The van der Waals surface area contributed by atoms with E-state index >= 15 is 0 Å². The van der Waals surface area contributed by atoms with Gasteiger partial charge in [-0.05, 0) is 25.2 Å². The average Bonchev–Trinajstić information content (AvgIpc) is 2.86. The molecule has 2 heterocycles. The van der Waals surface area contributed by atoms with Crippen molar-refractivity contribution in [2.45, 2.75) is 64.5 Å². The Kier molecular flexibility index (Phi) is 3.66. The molecule has 0 aromatic carbocycles. The normalized spacial score (nSPS) is 24.9. The van der Waals surface area contributed by atoms with Crippen LogP contribution >= 0.6 is 0 Å². The first kappa shape index (κ1) is 13.4. The van der Waals surface area contributed by atoms with Crippen molar-refractivity contribution in [3.8, 4) is 0 Å². The van der Waals surface area contributed by atoms with Gasteiger partial charge in [0.15, 0.2) is 0 Å². The maximum absolute atomic E-state index is 11.2. The molecule has 4 heteroatoms. The van der Waals surface area contributed by atoms with Crippen molar-refractivity contribution in [2.75, 3.05) is 0 Å². The van der Waals surface area contributed by atoms with Gasteiger partial charge in [-0.1, -0.05) is 27.7 Å². The molecule has 1 saturated heterocycles. The van der Waals surface area contributed by atoms with Crippen molar-refractivity contribution in [1.82, 2.24) is 15.3 Å². The SMILES string of the molecule is CC(C)C1CCC(CC(C)(C)c2c[nH]c(=O)[nH]2)N1. The van der Waals surface area contributed by atoms with Crippen LogP contribution in [0.2, 0.25) is 0 Å². The van der Waals surface area contributed by atoms with Gasteiger partial charge >= 0.3 is 5.69 Å². The second kappa shape index (κ2) is 4.92. The molecule has 102 valence electrons. The highest BCUT2D eigenvalue weighted by molar-refractivity contribution is 5.11. The molecule has 1 aromatic heterocycles. The minimum Gasteiger partial charge on any atom is -0.313 e. The quantitative estimate of drug-likeness (QED) is 0.768. The third-order valence-corrected chi connectivity index (χ3v) is 4.16. The molecule has 0 radical (unpaired) electrons. The highest BCUT2D eigenvalue weighted by Crippen LogP contribution is 2.30. The maximum Gasteiger partial charge on any atom is 0.323 e. The molecule has 1 aliphatic heterocycles. The fourth-order valence-corrected chi connectivity index (χ4v) is 2.96. The summed E-state index contributed by atoms with van der Waals surface area (Å²) in [5.41, 5.74) is 0.891. The van der Waals surface area contributed by atoms with Gasteiger partial charge in [0.05, 0.1) is 0 Å². The molecule has 0 saturated carbocycles. The van der Waals surface area contributed by atoms with Crippen molar-refractivity contribution in [3.05, 3.63) is 22.4 Å². The lowest BCUT2D eigenvalue weighted by Gasteiger charge is -2.27. The zero-order valence-corrected chi connectivity index (χ0v) is 11.8. The first-order valence-electron chi connectivity index (χ1n) is 6.93. The van der Waals surface area contributed by atoms with Crippen molar-refractivity contribution >= 4 is 0 Å². The van der Waals surface area contributed by atoms with E-state index < -0.39 is 0 Å². The van der Waals surface area contributed by atoms with Crippen LogP contribution in [0.1, 0.15) is 52.7 Å². The lowest BCUT2D eigenvalue weighted by molar-refractivity contribution is 0.364. The monoisotopic (exact) mass is 251 g/mol. The predicted molar refractivity (Wildman–Crippen MR) is 73.8 cm³/mol. The second-order valence-electron chi connectivity index (χ2n) is 6.54. The zero-order valence-electron chi connectivity index (χ0n) is 11.8. The Morgan fingerprint density at radius 1 is 1.39 bits per heavy atom. The molecule has 0 aliphatic carbocycles. The van der Waals surface area contributed by atoms with E-state index in [4.69, 9.17) is 0 Å². The van der Waals surface area contributed by atoms with Gasteiger partial charge in [-0.3, -0.25) is 0 Å². The van der Waals surface area contributed by atoms with Crippen LogP contribution in [0.15, 0.2) is 11.0 Å². The van der Waals surface area contributed by atoms with Crippen LogP contribution in [0.25, 0.3) is 0 Å². The Morgan fingerprint density at radius 2 is 2.11 bits per heavy atom. The smallest absolute Gasteiger partial charge is 0.313 e. The van der Waals surface area contributed by atoms with Gasteiger partial charge < -0.3 is 15.3 Å². The van der Waals surface area contributed by atoms with E-state index in [1.807, 2.05) is 0 Å². The minimum atomic E-state index is -0.113. The Bertz CT molecular complexity index is 444. The van der Waals surface area contributed by atoms with Crippen LogP contribution in [0.3, 0.4) is 0 Å². The highest BCUT2D eigenvalue weighted by Gasteiger charge is 2.32. The van der Waals surface area contributed by atoms with E-state index in [0.29, 0.717) is 18.0 Å². The minimum absolute atomic E-state index is 0.00267. The summed E-state index contributed by atoms with van der Waals surface area (Å²) < 4.78 is 0. The van der Waals surface area contributed by atoms with Gasteiger partial charge in [0.2, 0.25) is 0 Å². The molecule has 0 amide bonds. The molecule has 2 atom stereocenters. The summed E-state index contributed by atoms with van der Waals surface area (Å²) in [6.45, 7) is 8.93. The van der Waals surface area contributed by atoms with E-state index in [1.54, 1.807) is 6.20 Å². The number of aromatic nitrogens is 2. The highest BCUT2D eigenvalue weighted by atomic mass is 16.1. The van der Waals surface area contributed by atoms with Gasteiger partial charge in [0.1, 0.15) is 0 Å². The summed E-state index contributed by atoms with van der Waals surface area (Å²) in [4.78, 5) is 16.8. The Morgan fingerprint density at radius 3 is 2.61 bits per heavy atom. The summed E-state index contributed by atoms with van der Waals surface area (Å²) in [6, 6.07) is 1.21. The Labute approximate surface area is 109 Å². The largest absolute Gasteiger partial charge is 0.323 e. The molecule has 1 fully saturated rings. The second-order valence-corrected chi connectivity index (χ2v) is 6.54. The lowest BCUT2D eigenvalue weighted by Crippen LogP contribution is -2.37. The first-order chi connectivity index (χ1) is 8.38.